The van der Waals surface area contributed by atoms with Gasteiger partial charge in [-0.25, -0.2) is 0 Å². The zero-order valence-corrected chi connectivity index (χ0v) is 12.4. The molecule has 4 heteroatoms. The lowest BCUT2D eigenvalue weighted by Crippen LogP contribution is -2.14. The van der Waals surface area contributed by atoms with Crippen LogP contribution < -0.4 is 5.73 Å². The highest BCUT2D eigenvalue weighted by Gasteiger charge is 2.31. The second-order valence-electron chi connectivity index (χ2n) is 6.54. The lowest BCUT2D eigenvalue weighted by Gasteiger charge is -2.22. The van der Waals surface area contributed by atoms with Crippen molar-refractivity contribution >= 4 is 0 Å². The van der Waals surface area contributed by atoms with Gasteiger partial charge in [0.05, 0.1) is 6.54 Å². The summed E-state index contributed by atoms with van der Waals surface area (Å²) in [5, 5.41) is 8.71. The van der Waals surface area contributed by atoms with Crippen LogP contribution in [0, 0.1) is 0 Å². The normalized spacial score (nSPS) is 15.6. The molecule has 1 aromatic heterocycles. The number of rotatable bonds is 3. The van der Waals surface area contributed by atoms with Gasteiger partial charge in [-0.05, 0) is 23.8 Å². The Morgan fingerprint density at radius 3 is 2.50 bits per heavy atom. The van der Waals surface area contributed by atoms with E-state index in [0.29, 0.717) is 12.6 Å². The minimum Gasteiger partial charge on any atom is -0.324 e. The molecule has 1 fully saturated rings. The molecule has 20 heavy (non-hydrogen) atoms. The summed E-state index contributed by atoms with van der Waals surface area (Å²) >= 11 is 0. The predicted octanol–water partition coefficient (Wildman–Crippen LogP) is 3.04. The summed E-state index contributed by atoms with van der Waals surface area (Å²) in [4.78, 5) is 0. The van der Waals surface area contributed by atoms with Crippen molar-refractivity contribution in [3.05, 3.63) is 35.7 Å². The highest BCUT2D eigenvalue weighted by Crippen LogP contribution is 2.40. The molecule has 0 atom stereocenters. The summed E-state index contributed by atoms with van der Waals surface area (Å²) in [5.74, 6) is 1.87. The first-order valence-corrected chi connectivity index (χ1v) is 7.26. The Kier molecular flexibility index (Phi) is 3.13. The fourth-order valence-electron chi connectivity index (χ4n) is 2.70. The fraction of sp³-hybridized carbons (Fsp3) is 0.500. The Hall–Kier alpha value is -1.68. The molecule has 2 N–H and O–H groups in total. The molecule has 0 radical (unpaired) electrons. The number of benzene rings is 1. The lowest BCUT2D eigenvalue weighted by atomic mass is 9.83. The first kappa shape index (κ1) is 13.3. The van der Waals surface area contributed by atoms with Gasteiger partial charge in [0.2, 0.25) is 0 Å². The number of hydrogen-bond donors (Lipinski definition) is 1. The van der Waals surface area contributed by atoms with Gasteiger partial charge in [-0.15, -0.1) is 10.2 Å². The van der Waals surface area contributed by atoms with Crippen LogP contribution in [0.25, 0.3) is 11.4 Å². The maximum absolute atomic E-state index is 5.81. The Morgan fingerprint density at radius 1 is 1.20 bits per heavy atom. The number of nitrogens with two attached hydrogens (primary N) is 1. The van der Waals surface area contributed by atoms with Crippen molar-refractivity contribution in [2.45, 2.75) is 51.6 Å². The van der Waals surface area contributed by atoms with Gasteiger partial charge >= 0.3 is 0 Å². The summed E-state index contributed by atoms with van der Waals surface area (Å²) in [5.41, 5.74) is 8.37. The van der Waals surface area contributed by atoms with Crippen molar-refractivity contribution in [3.63, 3.8) is 0 Å². The van der Waals surface area contributed by atoms with Crippen LogP contribution in [0.15, 0.2) is 24.3 Å². The molecule has 4 nitrogen and oxygen atoms in total. The van der Waals surface area contributed by atoms with Crippen LogP contribution in [-0.2, 0) is 12.0 Å². The van der Waals surface area contributed by atoms with Crippen LogP contribution in [0.1, 0.15) is 51.0 Å². The van der Waals surface area contributed by atoms with E-state index in [9.17, 15) is 0 Å². The average Bonchev–Trinajstić information content (AvgIpc) is 3.16. The Balaban J connectivity index is 2.17. The quantitative estimate of drug-likeness (QED) is 0.932. The Morgan fingerprint density at radius 2 is 1.90 bits per heavy atom. The van der Waals surface area contributed by atoms with Crippen LogP contribution in [0.2, 0.25) is 0 Å². The van der Waals surface area contributed by atoms with E-state index in [1.807, 2.05) is 0 Å². The van der Waals surface area contributed by atoms with Crippen LogP contribution >= 0.6 is 0 Å². The highest BCUT2D eigenvalue weighted by molar-refractivity contribution is 5.62. The van der Waals surface area contributed by atoms with E-state index in [1.165, 1.54) is 24.0 Å². The monoisotopic (exact) mass is 270 g/mol. The van der Waals surface area contributed by atoms with Gasteiger partial charge in [0, 0.05) is 11.6 Å². The zero-order valence-electron chi connectivity index (χ0n) is 12.4. The third kappa shape index (κ3) is 2.24. The molecule has 1 heterocycles. The molecule has 0 saturated heterocycles. The van der Waals surface area contributed by atoms with E-state index >= 15 is 0 Å². The van der Waals surface area contributed by atoms with Gasteiger partial charge < -0.3 is 10.3 Å². The summed E-state index contributed by atoms with van der Waals surface area (Å²) in [6.45, 7) is 7.13. The first-order valence-electron chi connectivity index (χ1n) is 7.26. The smallest absolute Gasteiger partial charge is 0.164 e. The van der Waals surface area contributed by atoms with Gasteiger partial charge in [0.1, 0.15) is 5.82 Å². The van der Waals surface area contributed by atoms with Crippen LogP contribution in [-0.4, -0.2) is 14.8 Å². The van der Waals surface area contributed by atoms with E-state index < -0.39 is 0 Å². The van der Waals surface area contributed by atoms with Gasteiger partial charge in [-0.1, -0.05) is 45.0 Å². The van der Waals surface area contributed by atoms with Gasteiger partial charge in [0.25, 0.3) is 0 Å². The van der Waals surface area contributed by atoms with E-state index in [-0.39, 0.29) is 5.41 Å². The van der Waals surface area contributed by atoms with E-state index in [0.717, 1.165) is 11.6 Å². The Labute approximate surface area is 120 Å². The summed E-state index contributed by atoms with van der Waals surface area (Å²) in [7, 11) is 0. The molecule has 1 aliphatic carbocycles. The van der Waals surface area contributed by atoms with E-state index in [1.54, 1.807) is 0 Å². The van der Waals surface area contributed by atoms with Crippen molar-refractivity contribution in [3.8, 4) is 11.4 Å². The Bertz CT molecular complexity index is 618. The minimum absolute atomic E-state index is 0.0831. The molecule has 0 aliphatic heterocycles. The second-order valence-corrected chi connectivity index (χ2v) is 6.54. The maximum Gasteiger partial charge on any atom is 0.164 e. The molecule has 1 aromatic carbocycles. The predicted molar refractivity (Wildman–Crippen MR) is 80.3 cm³/mol. The number of nitrogens with zero attached hydrogens (tertiary/aromatic N) is 3. The highest BCUT2D eigenvalue weighted by atomic mass is 15.3. The first-order chi connectivity index (χ1) is 9.52. The molecule has 0 bridgehead atoms. The molecule has 1 aliphatic rings. The van der Waals surface area contributed by atoms with Gasteiger partial charge in [0.15, 0.2) is 5.82 Å². The molecule has 0 spiro atoms. The largest absolute Gasteiger partial charge is 0.324 e. The third-order valence-corrected chi connectivity index (χ3v) is 3.84. The summed E-state index contributed by atoms with van der Waals surface area (Å²) in [6, 6.07) is 9.02. The number of hydrogen-bond acceptors (Lipinski definition) is 3. The molecular weight excluding hydrogens is 248 g/mol. The molecule has 0 amide bonds. The standard InChI is InChI=1S/C16H22N4/c1-16(2,3)13-7-5-4-6-12(13)15-19-18-14(10-17)20(15)11-8-9-11/h4-7,11H,8-10,17H2,1-3H3. The van der Waals surface area contributed by atoms with Gasteiger partial charge in [-0.3, -0.25) is 0 Å². The van der Waals surface area contributed by atoms with Crippen LogP contribution in [0.3, 0.4) is 0 Å². The molecule has 106 valence electrons. The molecule has 0 unspecified atom stereocenters. The van der Waals surface area contributed by atoms with Crippen molar-refractivity contribution in [2.75, 3.05) is 0 Å². The van der Waals surface area contributed by atoms with Crippen molar-refractivity contribution in [1.29, 1.82) is 0 Å². The average molecular weight is 270 g/mol. The molecular formula is C16H22N4. The van der Waals surface area contributed by atoms with Crippen molar-refractivity contribution in [2.24, 2.45) is 5.73 Å². The molecule has 2 aromatic rings. The van der Waals surface area contributed by atoms with Crippen molar-refractivity contribution in [1.82, 2.24) is 14.8 Å². The van der Waals surface area contributed by atoms with E-state index in [4.69, 9.17) is 5.73 Å². The zero-order chi connectivity index (χ0) is 14.3. The summed E-state index contributed by atoms with van der Waals surface area (Å²) in [6.07, 6.45) is 2.41. The summed E-state index contributed by atoms with van der Waals surface area (Å²) < 4.78 is 2.24. The van der Waals surface area contributed by atoms with E-state index in [2.05, 4.69) is 59.8 Å². The molecule has 3 rings (SSSR count). The topological polar surface area (TPSA) is 56.7 Å². The second kappa shape index (κ2) is 4.70. The lowest BCUT2D eigenvalue weighted by molar-refractivity contribution is 0.590. The maximum atomic E-state index is 5.81. The number of aromatic nitrogens is 3. The fourth-order valence-corrected chi connectivity index (χ4v) is 2.70. The van der Waals surface area contributed by atoms with Gasteiger partial charge in [-0.2, -0.15) is 0 Å². The van der Waals surface area contributed by atoms with Crippen molar-refractivity contribution < 1.29 is 0 Å². The third-order valence-electron chi connectivity index (χ3n) is 3.84. The minimum atomic E-state index is 0.0831. The van der Waals surface area contributed by atoms with Crippen LogP contribution in [0.4, 0.5) is 0 Å². The van der Waals surface area contributed by atoms with Crippen LogP contribution in [0.5, 0.6) is 0 Å². The SMILES string of the molecule is CC(C)(C)c1ccccc1-c1nnc(CN)n1C1CC1. The molecule has 1 saturated carbocycles.